The van der Waals surface area contributed by atoms with Gasteiger partial charge < -0.3 is 14.7 Å². The number of carbonyl (C=O) groups excluding carboxylic acids is 1. The van der Waals surface area contributed by atoms with Gasteiger partial charge in [-0.2, -0.15) is 12.6 Å². The quantitative estimate of drug-likeness (QED) is 0.709. The third kappa shape index (κ3) is 2.76. The summed E-state index contributed by atoms with van der Waals surface area (Å²) in [5.74, 6) is -1.44. The van der Waals surface area contributed by atoms with Gasteiger partial charge in [-0.25, -0.2) is 4.79 Å². The Balaban J connectivity index is 2.83. The van der Waals surface area contributed by atoms with Crippen molar-refractivity contribution in [3.63, 3.8) is 0 Å². The SMILES string of the molecule is CCOC1C=C(C(=O)O)N(C(=O)C(C)S)C1. The van der Waals surface area contributed by atoms with Crippen LogP contribution in [0.3, 0.4) is 0 Å². The zero-order valence-corrected chi connectivity index (χ0v) is 10.1. The second-order valence-electron chi connectivity index (χ2n) is 3.48. The molecule has 1 rings (SSSR count). The molecule has 1 aliphatic rings. The molecule has 6 heteroatoms. The molecule has 5 nitrogen and oxygen atoms in total. The first-order valence-electron chi connectivity index (χ1n) is 5.03. The molecule has 0 fully saturated rings. The summed E-state index contributed by atoms with van der Waals surface area (Å²) in [5.41, 5.74) is -0.0237. The molecule has 0 saturated carbocycles. The Morgan fingerprint density at radius 2 is 2.38 bits per heavy atom. The zero-order valence-electron chi connectivity index (χ0n) is 9.21. The maximum absolute atomic E-state index is 11.7. The van der Waals surface area contributed by atoms with Crippen molar-refractivity contribution in [2.45, 2.75) is 25.2 Å². The molecule has 1 aliphatic heterocycles. The van der Waals surface area contributed by atoms with Gasteiger partial charge in [0.1, 0.15) is 5.70 Å². The van der Waals surface area contributed by atoms with E-state index in [1.807, 2.05) is 6.92 Å². The second-order valence-corrected chi connectivity index (χ2v) is 4.25. The molecule has 0 radical (unpaired) electrons. The molecule has 16 heavy (non-hydrogen) atoms. The Hall–Kier alpha value is -1.01. The van der Waals surface area contributed by atoms with Gasteiger partial charge in [0.25, 0.3) is 0 Å². The first kappa shape index (κ1) is 13.1. The largest absolute Gasteiger partial charge is 0.477 e. The van der Waals surface area contributed by atoms with E-state index in [1.165, 1.54) is 11.0 Å². The molecule has 0 spiro atoms. The van der Waals surface area contributed by atoms with Crippen LogP contribution >= 0.6 is 12.6 Å². The van der Waals surface area contributed by atoms with E-state index in [1.54, 1.807) is 6.92 Å². The standard InChI is InChI=1S/C10H15NO4S/c1-3-15-7-4-8(10(13)14)11(5-7)9(12)6(2)16/h4,6-7,16H,3,5H2,1-2H3,(H,13,14). The van der Waals surface area contributed by atoms with Crippen LogP contribution in [-0.2, 0) is 14.3 Å². The maximum atomic E-state index is 11.7. The molecule has 1 heterocycles. The Bertz CT molecular complexity index is 327. The number of ether oxygens (including phenoxy) is 1. The fourth-order valence-corrected chi connectivity index (χ4v) is 1.67. The van der Waals surface area contributed by atoms with Crippen LogP contribution in [0.4, 0.5) is 0 Å². The maximum Gasteiger partial charge on any atom is 0.352 e. The van der Waals surface area contributed by atoms with E-state index in [2.05, 4.69) is 12.6 Å². The molecule has 0 aliphatic carbocycles. The summed E-state index contributed by atoms with van der Waals surface area (Å²) in [5, 5.41) is 8.43. The summed E-state index contributed by atoms with van der Waals surface area (Å²) in [6.07, 6.45) is 1.12. The highest BCUT2D eigenvalue weighted by molar-refractivity contribution is 7.81. The number of rotatable bonds is 4. The molecule has 0 aromatic carbocycles. The molecule has 0 saturated heterocycles. The van der Waals surface area contributed by atoms with Gasteiger partial charge in [-0.05, 0) is 19.9 Å². The summed E-state index contributed by atoms with van der Waals surface area (Å²) in [6.45, 7) is 4.16. The fraction of sp³-hybridized carbons (Fsp3) is 0.600. The van der Waals surface area contributed by atoms with Crippen molar-refractivity contribution in [1.82, 2.24) is 4.90 Å². The Labute approximate surface area is 99.5 Å². The smallest absolute Gasteiger partial charge is 0.352 e. The zero-order chi connectivity index (χ0) is 12.3. The van der Waals surface area contributed by atoms with Gasteiger partial charge in [-0.15, -0.1) is 0 Å². The lowest BCUT2D eigenvalue weighted by Gasteiger charge is -2.20. The highest BCUT2D eigenvalue weighted by atomic mass is 32.1. The minimum absolute atomic E-state index is 0.0237. The van der Waals surface area contributed by atoms with E-state index in [0.717, 1.165) is 0 Å². The number of carbonyl (C=O) groups is 2. The van der Waals surface area contributed by atoms with Crippen LogP contribution in [-0.4, -0.2) is 46.4 Å². The first-order chi connectivity index (χ1) is 7.47. The summed E-state index contributed by atoms with van der Waals surface area (Å²) in [6, 6.07) is 0. The molecule has 0 bridgehead atoms. The minimum atomic E-state index is -1.12. The van der Waals surface area contributed by atoms with Gasteiger partial charge in [0.2, 0.25) is 5.91 Å². The number of carboxylic acid groups (broad SMARTS) is 1. The van der Waals surface area contributed by atoms with Gasteiger partial charge in [0.05, 0.1) is 17.9 Å². The van der Waals surface area contributed by atoms with Gasteiger partial charge in [0.15, 0.2) is 0 Å². The third-order valence-corrected chi connectivity index (χ3v) is 2.44. The normalized spacial score (nSPS) is 21.8. The van der Waals surface area contributed by atoms with Crippen molar-refractivity contribution < 1.29 is 19.4 Å². The molecule has 0 aromatic rings. The lowest BCUT2D eigenvalue weighted by Crippen LogP contribution is -2.37. The van der Waals surface area contributed by atoms with Crippen LogP contribution in [0.25, 0.3) is 0 Å². The van der Waals surface area contributed by atoms with Gasteiger partial charge >= 0.3 is 5.97 Å². The van der Waals surface area contributed by atoms with Crippen LogP contribution < -0.4 is 0 Å². The number of thiol groups is 1. The van der Waals surface area contributed by atoms with Crippen molar-refractivity contribution in [3.8, 4) is 0 Å². The molecule has 0 aromatic heterocycles. The number of nitrogens with zero attached hydrogens (tertiary/aromatic N) is 1. The second kappa shape index (κ2) is 5.36. The van der Waals surface area contributed by atoms with E-state index in [0.29, 0.717) is 6.61 Å². The average molecular weight is 245 g/mol. The summed E-state index contributed by atoms with van der Waals surface area (Å²) < 4.78 is 5.28. The minimum Gasteiger partial charge on any atom is -0.477 e. The predicted octanol–water partition coefficient (Wildman–Crippen LogP) is 0.520. The van der Waals surface area contributed by atoms with Crippen molar-refractivity contribution in [2.75, 3.05) is 13.2 Å². The van der Waals surface area contributed by atoms with Crippen molar-refractivity contribution in [3.05, 3.63) is 11.8 Å². The summed E-state index contributed by atoms with van der Waals surface area (Å²) in [4.78, 5) is 23.9. The number of hydrogen-bond acceptors (Lipinski definition) is 4. The number of aliphatic carboxylic acids is 1. The third-order valence-electron chi connectivity index (χ3n) is 2.22. The number of carboxylic acids is 1. The summed E-state index contributed by atoms with van der Waals surface area (Å²) >= 11 is 4.01. The Morgan fingerprint density at radius 1 is 1.75 bits per heavy atom. The Kier molecular flexibility index (Phi) is 4.37. The van der Waals surface area contributed by atoms with Crippen molar-refractivity contribution in [2.24, 2.45) is 0 Å². The lowest BCUT2D eigenvalue weighted by molar-refractivity contribution is -0.139. The molecule has 1 N–H and O–H groups in total. The lowest BCUT2D eigenvalue weighted by atomic mass is 10.3. The topological polar surface area (TPSA) is 66.8 Å². The predicted molar refractivity (Wildman–Crippen MR) is 61.3 cm³/mol. The van der Waals surface area contributed by atoms with Gasteiger partial charge in [0, 0.05) is 6.61 Å². The number of hydrogen-bond donors (Lipinski definition) is 2. The molecule has 90 valence electrons. The van der Waals surface area contributed by atoms with Gasteiger partial charge in [-0.3, -0.25) is 4.79 Å². The average Bonchev–Trinajstić information content (AvgIpc) is 2.61. The molecule has 1 amide bonds. The fourth-order valence-electron chi connectivity index (χ4n) is 1.53. The molecular formula is C10H15NO4S. The van der Waals surface area contributed by atoms with Crippen LogP contribution in [0.1, 0.15) is 13.8 Å². The van der Waals surface area contributed by atoms with Crippen LogP contribution in [0.2, 0.25) is 0 Å². The van der Waals surface area contributed by atoms with Crippen LogP contribution in [0, 0.1) is 0 Å². The first-order valence-corrected chi connectivity index (χ1v) is 5.55. The van der Waals surface area contributed by atoms with Crippen LogP contribution in [0.5, 0.6) is 0 Å². The van der Waals surface area contributed by atoms with E-state index >= 15 is 0 Å². The van der Waals surface area contributed by atoms with E-state index in [4.69, 9.17) is 9.84 Å². The molecular weight excluding hydrogens is 230 g/mol. The number of amides is 1. The monoisotopic (exact) mass is 245 g/mol. The Morgan fingerprint density at radius 3 is 2.81 bits per heavy atom. The molecule has 2 unspecified atom stereocenters. The van der Waals surface area contributed by atoms with Crippen molar-refractivity contribution >= 4 is 24.5 Å². The van der Waals surface area contributed by atoms with E-state index in [9.17, 15) is 9.59 Å². The van der Waals surface area contributed by atoms with Gasteiger partial charge in [-0.1, -0.05) is 0 Å². The van der Waals surface area contributed by atoms with E-state index < -0.39 is 11.2 Å². The van der Waals surface area contributed by atoms with Crippen molar-refractivity contribution in [1.29, 1.82) is 0 Å². The van der Waals surface area contributed by atoms with E-state index in [-0.39, 0.29) is 24.3 Å². The molecule has 2 atom stereocenters. The van der Waals surface area contributed by atoms with Crippen LogP contribution in [0.15, 0.2) is 11.8 Å². The summed E-state index contributed by atoms with van der Waals surface area (Å²) in [7, 11) is 0. The highest BCUT2D eigenvalue weighted by Crippen LogP contribution is 2.20. The highest BCUT2D eigenvalue weighted by Gasteiger charge is 2.33.